The third-order valence-electron chi connectivity index (χ3n) is 2.66. The van der Waals surface area contributed by atoms with Crippen molar-refractivity contribution in [2.75, 3.05) is 31.4 Å². The monoisotopic (exact) mass is 267 g/mol. The van der Waals surface area contributed by atoms with Crippen molar-refractivity contribution >= 4 is 27.6 Å². The van der Waals surface area contributed by atoms with Crippen LogP contribution in [0.2, 0.25) is 0 Å². The summed E-state index contributed by atoms with van der Waals surface area (Å²) in [6.45, 7) is 2.28. The molecule has 1 fully saturated rings. The summed E-state index contributed by atoms with van der Waals surface area (Å²) in [7, 11) is -1.85. The van der Waals surface area contributed by atoms with Gasteiger partial charge in [-0.1, -0.05) is 0 Å². The molecule has 2 atom stereocenters. The maximum absolute atomic E-state index is 11.6. The molecular formula is C9H17NO4S2. The van der Waals surface area contributed by atoms with Gasteiger partial charge in [0.1, 0.15) is 11.4 Å². The topological polar surface area (TPSA) is 63.7 Å². The largest absolute Gasteiger partial charge is 0.468 e. The highest BCUT2D eigenvalue weighted by atomic mass is 32.2. The lowest BCUT2D eigenvalue weighted by molar-refractivity contribution is -0.146. The highest BCUT2D eigenvalue weighted by molar-refractivity contribution is 8.00. The second-order valence-electron chi connectivity index (χ2n) is 3.80. The fraction of sp³-hybridized carbons (Fsp3) is 0.889. The molecule has 0 aromatic carbocycles. The first-order chi connectivity index (χ1) is 7.38. The van der Waals surface area contributed by atoms with E-state index < -0.39 is 21.3 Å². The molecule has 0 aromatic rings. The van der Waals surface area contributed by atoms with Gasteiger partial charge in [0.05, 0.1) is 7.11 Å². The number of sulfone groups is 1. The smallest absolute Gasteiger partial charge is 0.322 e. The number of ether oxygens (including phenoxy) is 1. The summed E-state index contributed by atoms with van der Waals surface area (Å²) >= 11 is 1.60. The number of rotatable bonds is 3. The van der Waals surface area contributed by atoms with E-state index in [1.165, 1.54) is 13.4 Å². The number of carbonyl (C=O) groups is 1. The maximum Gasteiger partial charge on any atom is 0.322 e. The van der Waals surface area contributed by atoms with Gasteiger partial charge in [-0.05, 0) is 6.92 Å². The molecule has 0 spiro atoms. The van der Waals surface area contributed by atoms with Crippen LogP contribution in [0.4, 0.5) is 0 Å². The van der Waals surface area contributed by atoms with E-state index in [2.05, 4.69) is 4.74 Å². The van der Waals surface area contributed by atoms with E-state index in [1.54, 1.807) is 23.6 Å². The lowest BCUT2D eigenvalue weighted by Gasteiger charge is -2.36. The first-order valence-corrected chi connectivity index (χ1v) is 8.09. The quantitative estimate of drug-likeness (QED) is 0.669. The van der Waals surface area contributed by atoms with Gasteiger partial charge < -0.3 is 4.74 Å². The van der Waals surface area contributed by atoms with Gasteiger partial charge >= 0.3 is 5.97 Å². The van der Waals surface area contributed by atoms with Crippen molar-refractivity contribution in [1.82, 2.24) is 4.90 Å². The maximum atomic E-state index is 11.6. The average molecular weight is 267 g/mol. The van der Waals surface area contributed by atoms with Gasteiger partial charge in [0.25, 0.3) is 0 Å². The Hall–Kier alpha value is -0.270. The molecular weight excluding hydrogens is 250 g/mol. The molecule has 0 radical (unpaired) electrons. The Morgan fingerprint density at radius 3 is 2.69 bits per heavy atom. The fourth-order valence-corrected chi connectivity index (χ4v) is 4.67. The molecule has 2 unspecified atom stereocenters. The molecule has 0 N–H and O–H groups in total. The van der Waals surface area contributed by atoms with E-state index >= 15 is 0 Å². The van der Waals surface area contributed by atoms with Crippen LogP contribution in [0.3, 0.4) is 0 Å². The van der Waals surface area contributed by atoms with Gasteiger partial charge in [0, 0.05) is 24.3 Å². The Labute approximate surface area is 100 Å². The molecule has 7 heteroatoms. The van der Waals surface area contributed by atoms with E-state index in [0.29, 0.717) is 12.3 Å². The Kier molecular flexibility index (Phi) is 4.63. The minimum Gasteiger partial charge on any atom is -0.468 e. The van der Waals surface area contributed by atoms with Gasteiger partial charge in [-0.25, -0.2) is 8.42 Å². The van der Waals surface area contributed by atoms with Crippen LogP contribution in [0.25, 0.3) is 0 Å². The van der Waals surface area contributed by atoms with Gasteiger partial charge in [0.15, 0.2) is 9.84 Å². The van der Waals surface area contributed by atoms with Crippen molar-refractivity contribution in [2.24, 2.45) is 0 Å². The highest BCUT2D eigenvalue weighted by Gasteiger charge is 2.36. The third kappa shape index (κ3) is 3.11. The van der Waals surface area contributed by atoms with Crippen molar-refractivity contribution in [3.8, 4) is 0 Å². The fourth-order valence-electron chi connectivity index (χ4n) is 1.71. The SMILES string of the molecule is COC(=O)C(C)N1CCSCC1S(C)(=O)=O. The van der Waals surface area contributed by atoms with Crippen LogP contribution in [0.5, 0.6) is 0 Å². The minimum atomic E-state index is -3.16. The van der Waals surface area contributed by atoms with E-state index in [1.807, 2.05) is 0 Å². The van der Waals surface area contributed by atoms with E-state index in [9.17, 15) is 13.2 Å². The van der Waals surface area contributed by atoms with Crippen molar-refractivity contribution in [1.29, 1.82) is 0 Å². The number of esters is 1. The summed E-state index contributed by atoms with van der Waals surface area (Å²) in [5.74, 6) is 0.966. The van der Waals surface area contributed by atoms with Crippen LogP contribution < -0.4 is 0 Å². The number of hydrogen-bond acceptors (Lipinski definition) is 6. The van der Waals surface area contributed by atoms with E-state index in [4.69, 9.17) is 0 Å². The molecule has 1 heterocycles. The lowest BCUT2D eigenvalue weighted by atomic mass is 10.3. The van der Waals surface area contributed by atoms with E-state index in [0.717, 1.165) is 5.75 Å². The summed E-state index contributed by atoms with van der Waals surface area (Å²) < 4.78 is 27.9. The van der Waals surface area contributed by atoms with Crippen molar-refractivity contribution < 1.29 is 17.9 Å². The highest BCUT2D eigenvalue weighted by Crippen LogP contribution is 2.22. The van der Waals surface area contributed by atoms with Gasteiger partial charge in [-0.15, -0.1) is 0 Å². The zero-order valence-electron chi connectivity index (χ0n) is 9.67. The van der Waals surface area contributed by atoms with Crippen molar-refractivity contribution in [3.05, 3.63) is 0 Å². The zero-order chi connectivity index (χ0) is 12.3. The van der Waals surface area contributed by atoms with Crippen LogP contribution in [0.15, 0.2) is 0 Å². The van der Waals surface area contributed by atoms with Crippen LogP contribution in [-0.2, 0) is 19.4 Å². The van der Waals surface area contributed by atoms with Gasteiger partial charge in [0.2, 0.25) is 0 Å². The van der Waals surface area contributed by atoms with Gasteiger partial charge in [-0.3, -0.25) is 9.69 Å². The first-order valence-electron chi connectivity index (χ1n) is 4.98. The zero-order valence-corrected chi connectivity index (χ0v) is 11.3. The second-order valence-corrected chi connectivity index (χ2v) is 7.15. The summed E-state index contributed by atoms with van der Waals surface area (Å²) in [6.07, 6.45) is 1.21. The van der Waals surface area contributed by atoms with Crippen LogP contribution in [0, 0.1) is 0 Å². The molecule has 0 aromatic heterocycles. The lowest BCUT2D eigenvalue weighted by Crippen LogP contribution is -2.53. The predicted octanol–water partition coefficient (Wildman–Crippen LogP) is -0.0326. The Morgan fingerprint density at radius 2 is 2.19 bits per heavy atom. The molecule has 1 rings (SSSR count). The average Bonchev–Trinajstić information content (AvgIpc) is 2.26. The van der Waals surface area contributed by atoms with Crippen molar-refractivity contribution in [2.45, 2.75) is 18.3 Å². The molecule has 1 aliphatic heterocycles. The van der Waals surface area contributed by atoms with Crippen molar-refractivity contribution in [3.63, 3.8) is 0 Å². The summed E-state index contributed by atoms with van der Waals surface area (Å²) in [5, 5.41) is -0.583. The molecule has 0 aliphatic carbocycles. The summed E-state index contributed by atoms with van der Waals surface area (Å²) in [5.41, 5.74) is 0. The molecule has 5 nitrogen and oxygen atoms in total. The third-order valence-corrected chi connectivity index (χ3v) is 5.32. The number of carbonyl (C=O) groups excluding carboxylic acids is 1. The van der Waals surface area contributed by atoms with Crippen LogP contribution in [0.1, 0.15) is 6.92 Å². The molecule has 1 saturated heterocycles. The van der Waals surface area contributed by atoms with Crippen LogP contribution >= 0.6 is 11.8 Å². The predicted molar refractivity (Wildman–Crippen MR) is 64.1 cm³/mol. The first kappa shape index (κ1) is 13.8. The molecule has 0 bridgehead atoms. The number of nitrogens with zero attached hydrogens (tertiary/aromatic N) is 1. The summed E-state index contributed by atoms with van der Waals surface area (Å²) in [6, 6.07) is -0.509. The molecule has 16 heavy (non-hydrogen) atoms. The Morgan fingerprint density at radius 1 is 1.56 bits per heavy atom. The number of methoxy groups -OCH3 is 1. The van der Waals surface area contributed by atoms with Crippen LogP contribution in [-0.4, -0.2) is 62.1 Å². The molecule has 0 amide bonds. The molecule has 94 valence electrons. The van der Waals surface area contributed by atoms with Gasteiger partial charge in [-0.2, -0.15) is 11.8 Å². The second kappa shape index (κ2) is 5.37. The Bertz CT molecular complexity index is 355. The molecule has 1 aliphatic rings. The minimum absolute atomic E-state index is 0.388. The standard InChI is InChI=1S/C9H17NO4S2/c1-7(9(11)14-2)10-4-5-15-6-8(10)16(3,12)13/h7-8H,4-6H2,1-3H3. The normalized spacial score (nSPS) is 25.1. The van der Waals surface area contributed by atoms with E-state index in [-0.39, 0.29) is 5.97 Å². The Balaban J connectivity index is 2.86. The summed E-state index contributed by atoms with van der Waals surface area (Å²) in [4.78, 5) is 13.1. The number of thioether (sulfide) groups is 1. The number of hydrogen-bond donors (Lipinski definition) is 0. The molecule has 0 saturated carbocycles.